The molecule has 0 aliphatic carbocycles. The maximum absolute atomic E-state index is 12.5. The Kier molecular flexibility index (Phi) is 9.60. The molecular weight excluding hydrogens is 408 g/mol. The number of para-hydroxylation sites is 1. The first-order valence-electron chi connectivity index (χ1n) is 10.7. The number of rotatable bonds is 11. The molecule has 2 aromatic rings. The van der Waals surface area contributed by atoms with E-state index in [4.69, 9.17) is 4.74 Å². The van der Waals surface area contributed by atoms with E-state index < -0.39 is 18.5 Å². The molecule has 0 aromatic heterocycles. The Hall–Kier alpha value is -3.48. The van der Waals surface area contributed by atoms with Crippen molar-refractivity contribution in [1.29, 1.82) is 0 Å². The minimum absolute atomic E-state index is 0.00753. The summed E-state index contributed by atoms with van der Waals surface area (Å²) in [6.45, 7) is 5.47. The van der Waals surface area contributed by atoms with E-state index in [2.05, 4.69) is 5.32 Å². The zero-order chi connectivity index (χ0) is 23.5. The third-order valence-electron chi connectivity index (χ3n) is 4.89. The van der Waals surface area contributed by atoms with Crippen LogP contribution < -0.4 is 5.32 Å². The maximum atomic E-state index is 12.5. The fourth-order valence-electron chi connectivity index (χ4n) is 3.04. The molecule has 0 fully saturated rings. The number of aryl methyl sites for hydroxylation is 2. The molecule has 0 heterocycles. The molecule has 0 atom stereocenters. The van der Waals surface area contributed by atoms with E-state index in [1.54, 1.807) is 18.2 Å². The average molecular weight is 439 g/mol. The molecule has 0 saturated carbocycles. The second kappa shape index (κ2) is 12.4. The standard InChI is InChI=1S/C25H30N2O5/c1-4-15-27(16-23(29)26-21-8-6-5-7-19(21)3)24(30)17-32-25(31)14-13-22(28)20-11-9-18(2)10-12-20/h5-12H,4,13-17H2,1-3H3,(H,26,29). The Balaban J connectivity index is 1.80. The van der Waals surface area contributed by atoms with Gasteiger partial charge in [-0.2, -0.15) is 0 Å². The Morgan fingerprint density at radius 3 is 2.28 bits per heavy atom. The van der Waals surface area contributed by atoms with Crippen LogP contribution in [0.1, 0.15) is 47.7 Å². The van der Waals surface area contributed by atoms with Gasteiger partial charge in [0.05, 0.1) is 13.0 Å². The second-order valence-electron chi connectivity index (χ2n) is 7.63. The first-order valence-corrected chi connectivity index (χ1v) is 10.7. The quantitative estimate of drug-likeness (QED) is 0.427. The fourth-order valence-corrected chi connectivity index (χ4v) is 3.04. The number of Topliss-reactive ketones (excluding diaryl/α,β-unsaturated/α-hetero) is 1. The van der Waals surface area contributed by atoms with E-state index in [-0.39, 0.29) is 31.1 Å². The van der Waals surface area contributed by atoms with Gasteiger partial charge in [-0.3, -0.25) is 19.2 Å². The molecule has 7 heteroatoms. The van der Waals surface area contributed by atoms with Crippen LogP contribution in [-0.4, -0.2) is 48.2 Å². The highest BCUT2D eigenvalue weighted by Gasteiger charge is 2.19. The lowest BCUT2D eigenvalue weighted by atomic mass is 10.1. The van der Waals surface area contributed by atoms with Gasteiger partial charge in [-0.15, -0.1) is 0 Å². The Bertz CT molecular complexity index is 953. The molecule has 2 amide bonds. The Labute approximate surface area is 188 Å². The van der Waals surface area contributed by atoms with Gasteiger partial charge in [0.2, 0.25) is 5.91 Å². The summed E-state index contributed by atoms with van der Waals surface area (Å²) in [5.41, 5.74) is 3.19. The van der Waals surface area contributed by atoms with Gasteiger partial charge in [-0.05, 0) is 31.9 Å². The third-order valence-corrected chi connectivity index (χ3v) is 4.89. The van der Waals surface area contributed by atoms with E-state index in [0.717, 1.165) is 11.1 Å². The summed E-state index contributed by atoms with van der Waals surface area (Å²) in [5.74, 6) is -1.56. The molecule has 0 spiro atoms. The number of carbonyl (C=O) groups excluding carboxylic acids is 4. The molecule has 7 nitrogen and oxygen atoms in total. The van der Waals surface area contributed by atoms with Gasteiger partial charge < -0.3 is 15.0 Å². The molecule has 2 aromatic carbocycles. The highest BCUT2D eigenvalue weighted by molar-refractivity contribution is 5.98. The number of nitrogens with one attached hydrogen (secondary N) is 1. The number of amides is 2. The normalized spacial score (nSPS) is 10.3. The zero-order valence-electron chi connectivity index (χ0n) is 18.8. The number of hydrogen-bond acceptors (Lipinski definition) is 5. The zero-order valence-corrected chi connectivity index (χ0v) is 18.8. The first-order chi connectivity index (χ1) is 15.3. The maximum Gasteiger partial charge on any atom is 0.306 e. The van der Waals surface area contributed by atoms with Crippen molar-refractivity contribution in [2.24, 2.45) is 0 Å². The number of benzene rings is 2. The van der Waals surface area contributed by atoms with E-state index in [0.29, 0.717) is 24.2 Å². The molecule has 0 saturated heterocycles. The van der Waals surface area contributed by atoms with Crippen LogP contribution in [0.5, 0.6) is 0 Å². The van der Waals surface area contributed by atoms with E-state index in [1.807, 2.05) is 51.1 Å². The van der Waals surface area contributed by atoms with Gasteiger partial charge in [-0.1, -0.05) is 55.0 Å². The van der Waals surface area contributed by atoms with Crippen molar-refractivity contribution in [2.45, 2.75) is 40.0 Å². The van der Waals surface area contributed by atoms with Crippen molar-refractivity contribution in [3.8, 4) is 0 Å². The SMILES string of the molecule is CCCN(CC(=O)Nc1ccccc1C)C(=O)COC(=O)CCC(=O)c1ccc(C)cc1. The van der Waals surface area contributed by atoms with Crippen LogP contribution in [-0.2, 0) is 19.1 Å². The smallest absolute Gasteiger partial charge is 0.306 e. The first kappa shape index (κ1) is 24.8. The highest BCUT2D eigenvalue weighted by Crippen LogP contribution is 2.13. The van der Waals surface area contributed by atoms with Gasteiger partial charge in [-0.25, -0.2) is 0 Å². The Morgan fingerprint density at radius 1 is 0.938 bits per heavy atom. The number of carbonyl (C=O) groups is 4. The van der Waals surface area contributed by atoms with E-state index in [1.165, 1.54) is 4.90 Å². The molecule has 1 N–H and O–H groups in total. The molecule has 0 unspecified atom stereocenters. The topological polar surface area (TPSA) is 92.8 Å². The summed E-state index contributed by atoms with van der Waals surface area (Å²) in [5, 5.41) is 2.79. The molecule has 0 aliphatic rings. The second-order valence-corrected chi connectivity index (χ2v) is 7.63. The summed E-state index contributed by atoms with van der Waals surface area (Å²) in [7, 11) is 0. The molecular formula is C25H30N2O5. The van der Waals surface area contributed by atoms with E-state index >= 15 is 0 Å². The monoisotopic (exact) mass is 438 g/mol. The predicted octanol–water partition coefficient (Wildman–Crippen LogP) is 3.69. The molecule has 0 radical (unpaired) electrons. The highest BCUT2D eigenvalue weighted by atomic mass is 16.5. The van der Waals surface area contributed by atoms with Crippen LogP contribution in [0.15, 0.2) is 48.5 Å². The number of anilines is 1. The van der Waals surface area contributed by atoms with Gasteiger partial charge >= 0.3 is 5.97 Å². The lowest BCUT2D eigenvalue weighted by Gasteiger charge is -2.21. The summed E-state index contributed by atoms with van der Waals surface area (Å²) in [6, 6.07) is 14.5. The summed E-state index contributed by atoms with van der Waals surface area (Å²) >= 11 is 0. The average Bonchev–Trinajstić information content (AvgIpc) is 2.77. The van der Waals surface area contributed by atoms with Crippen molar-refractivity contribution >= 4 is 29.3 Å². The summed E-state index contributed by atoms with van der Waals surface area (Å²) in [4.78, 5) is 50.4. The summed E-state index contributed by atoms with van der Waals surface area (Å²) < 4.78 is 5.04. The van der Waals surface area contributed by atoms with Gasteiger partial charge in [0.15, 0.2) is 12.4 Å². The van der Waals surface area contributed by atoms with Gasteiger partial charge in [0, 0.05) is 24.2 Å². The van der Waals surface area contributed by atoms with Crippen LogP contribution in [0.25, 0.3) is 0 Å². The van der Waals surface area contributed by atoms with Crippen LogP contribution in [0.2, 0.25) is 0 Å². The van der Waals surface area contributed by atoms with E-state index in [9.17, 15) is 19.2 Å². The third kappa shape index (κ3) is 7.98. The number of ether oxygens (including phenoxy) is 1. The largest absolute Gasteiger partial charge is 0.456 e. The summed E-state index contributed by atoms with van der Waals surface area (Å²) in [6.07, 6.45) is 0.553. The molecule has 170 valence electrons. The van der Waals surface area contributed by atoms with Crippen molar-refractivity contribution in [1.82, 2.24) is 4.90 Å². The van der Waals surface area contributed by atoms with Crippen molar-refractivity contribution in [3.63, 3.8) is 0 Å². The number of nitrogens with zero attached hydrogens (tertiary/aromatic N) is 1. The lowest BCUT2D eigenvalue weighted by Crippen LogP contribution is -2.40. The fraction of sp³-hybridized carbons (Fsp3) is 0.360. The number of hydrogen-bond donors (Lipinski definition) is 1. The lowest BCUT2D eigenvalue weighted by molar-refractivity contribution is -0.152. The van der Waals surface area contributed by atoms with Gasteiger partial charge in [0.25, 0.3) is 5.91 Å². The van der Waals surface area contributed by atoms with Crippen molar-refractivity contribution in [3.05, 3.63) is 65.2 Å². The van der Waals surface area contributed by atoms with Crippen LogP contribution in [0.3, 0.4) is 0 Å². The molecule has 0 bridgehead atoms. The van der Waals surface area contributed by atoms with Gasteiger partial charge in [0.1, 0.15) is 0 Å². The molecule has 32 heavy (non-hydrogen) atoms. The minimum atomic E-state index is -0.625. The minimum Gasteiger partial charge on any atom is -0.456 e. The predicted molar refractivity (Wildman–Crippen MR) is 122 cm³/mol. The molecule has 0 aliphatic heterocycles. The number of esters is 1. The van der Waals surface area contributed by atoms with Crippen molar-refractivity contribution in [2.75, 3.05) is 25.0 Å². The van der Waals surface area contributed by atoms with Crippen LogP contribution in [0.4, 0.5) is 5.69 Å². The van der Waals surface area contributed by atoms with Crippen molar-refractivity contribution < 1.29 is 23.9 Å². The van der Waals surface area contributed by atoms with Crippen LogP contribution >= 0.6 is 0 Å². The molecule has 2 rings (SSSR count). The Morgan fingerprint density at radius 2 is 1.62 bits per heavy atom. The van der Waals surface area contributed by atoms with Crippen LogP contribution in [0, 0.1) is 13.8 Å². The number of ketones is 1.